The van der Waals surface area contributed by atoms with Gasteiger partial charge in [-0.05, 0) is 41.4 Å². The normalized spacial score (nSPS) is 17.4. The SMILES string of the molecule is CCOC(=O)[C@@H]1COC(=O)N1S(=O)(=O)c1c(C(C)C)cc(C(C)C)cc1C(C)C. The molecule has 0 bridgehead atoms. The average molecular weight is 426 g/mol. The molecule has 1 aliphatic heterocycles. The largest absolute Gasteiger partial charge is 0.464 e. The van der Waals surface area contributed by atoms with Crippen molar-refractivity contribution in [2.45, 2.75) is 77.2 Å². The lowest BCUT2D eigenvalue weighted by Crippen LogP contribution is -2.45. The number of sulfonamides is 1. The van der Waals surface area contributed by atoms with E-state index in [0.29, 0.717) is 15.4 Å². The molecule has 0 aromatic heterocycles. The maximum atomic E-state index is 13.7. The predicted molar refractivity (Wildman–Crippen MR) is 110 cm³/mol. The molecular weight excluding hydrogens is 394 g/mol. The van der Waals surface area contributed by atoms with Gasteiger partial charge >= 0.3 is 12.1 Å². The summed E-state index contributed by atoms with van der Waals surface area (Å²) in [4.78, 5) is 24.8. The van der Waals surface area contributed by atoms with Crippen LogP contribution < -0.4 is 0 Å². The van der Waals surface area contributed by atoms with E-state index in [2.05, 4.69) is 0 Å². The minimum absolute atomic E-state index is 0.0784. The van der Waals surface area contributed by atoms with E-state index in [0.717, 1.165) is 5.56 Å². The van der Waals surface area contributed by atoms with Crippen LogP contribution >= 0.6 is 0 Å². The molecule has 1 heterocycles. The second-order valence-electron chi connectivity index (χ2n) is 8.14. The summed E-state index contributed by atoms with van der Waals surface area (Å²) < 4.78 is 37.9. The van der Waals surface area contributed by atoms with Gasteiger partial charge in [-0.15, -0.1) is 0 Å². The third kappa shape index (κ3) is 4.42. The fourth-order valence-corrected chi connectivity index (χ4v) is 5.48. The van der Waals surface area contributed by atoms with Crippen LogP contribution in [0.15, 0.2) is 17.0 Å². The highest BCUT2D eigenvalue weighted by Crippen LogP contribution is 2.38. The molecule has 8 heteroatoms. The number of carbonyl (C=O) groups excluding carboxylic acids is 2. The van der Waals surface area contributed by atoms with Crippen LogP contribution in [0.5, 0.6) is 0 Å². The van der Waals surface area contributed by atoms with Crippen LogP contribution in [-0.2, 0) is 24.3 Å². The number of cyclic esters (lactones) is 1. The van der Waals surface area contributed by atoms with Crippen LogP contribution in [0.25, 0.3) is 0 Å². The number of hydrogen-bond donors (Lipinski definition) is 0. The topological polar surface area (TPSA) is 90.0 Å². The van der Waals surface area contributed by atoms with E-state index in [4.69, 9.17) is 9.47 Å². The van der Waals surface area contributed by atoms with Crippen molar-refractivity contribution in [2.24, 2.45) is 0 Å². The van der Waals surface area contributed by atoms with E-state index < -0.39 is 28.1 Å². The summed E-state index contributed by atoms with van der Waals surface area (Å²) in [6.45, 7) is 13.1. The number of ether oxygens (including phenoxy) is 2. The van der Waals surface area contributed by atoms with Crippen LogP contribution in [0.4, 0.5) is 4.79 Å². The first kappa shape index (κ1) is 23.2. The van der Waals surface area contributed by atoms with E-state index in [1.165, 1.54) is 0 Å². The zero-order valence-electron chi connectivity index (χ0n) is 18.2. The van der Waals surface area contributed by atoms with Crippen LogP contribution in [-0.4, -0.2) is 44.0 Å². The van der Waals surface area contributed by atoms with Crippen molar-refractivity contribution in [3.05, 3.63) is 28.8 Å². The van der Waals surface area contributed by atoms with Gasteiger partial charge in [0.25, 0.3) is 10.0 Å². The Labute approximate surface area is 173 Å². The summed E-state index contributed by atoms with van der Waals surface area (Å²) in [5, 5.41) is 0. The molecule has 1 amide bonds. The summed E-state index contributed by atoms with van der Waals surface area (Å²) in [7, 11) is -4.34. The minimum atomic E-state index is -4.34. The van der Waals surface area contributed by atoms with E-state index in [1.54, 1.807) is 6.92 Å². The van der Waals surface area contributed by atoms with Gasteiger partial charge in [-0.1, -0.05) is 53.7 Å². The zero-order chi connectivity index (χ0) is 22.1. The lowest BCUT2D eigenvalue weighted by molar-refractivity contribution is -0.146. The Bertz CT molecular complexity index is 859. The third-order valence-electron chi connectivity index (χ3n) is 4.98. The number of carbonyl (C=O) groups is 2. The Morgan fingerprint density at radius 2 is 1.62 bits per heavy atom. The maximum absolute atomic E-state index is 13.7. The van der Waals surface area contributed by atoms with Crippen molar-refractivity contribution < 1.29 is 27.5 Å². The molecule has 162 valence electrons. The summed E-state index contributed by atoms with van der Waals surface area (Å²) >= 11 is 0. The Hall–Kier alpha value is -2.09. The third-order valence-corrected chi connectivity index (χ3v) is 6.89. The Morgan fingerprint density at radius 3 is 2.03 bits per heavy atom. The van der Waals surface area contributed by atoms with Crippen molar-refractivity contribution in [1.82, 2.24) is 4.31 Å². The molecular formula is C21H31NO6S. The van der Waals surface area contributed by atoms with Gasteiger partial charge in [-0.2, -0.15) is 4.31 Å². The lowest BCUT2D eigenvalue weighted by atomic mass is 9.89. The fraction of sp³-hybridized carbons (Fsp3) is 0.619. The highest BCUT2D eigenvalue weighted by atomic mass is 32.2. The molecule has 1 atom stereocenters. The van der Waals surface area contributed by atoms with Gasteiger partial charge in [0.15, 0.2) is 6.04 Å². The highest BCUT2D eigenvalue weighted by molar-refractivity contribution is 7.89. The summed E-state index contributed by atoms with van der Waals surface area (Å²) in [5.41, 5.74) is 2.28. The van der Waals surface area contributed by atoms with Crippen molar-refractivity contribution in [1.29, 1.82) is 0 Å². The molecule has 1 aromatic rings. The predicted octanol–water partition coefficient (Wildman–Crippen LogP) is 4.13. The van der Waals surface area contributed by atoms with Crippen LogP contribution in [0.2, 0.25) is 0 Å². The van der Waals surface area contributed by atoms with Gasteiger partial charge in [0, 0.05) is 0 Å². The number of benzene rings is 1. The van der Waals surface area contributed by atoms with Gasteiger partial charge in [-0.25, -0.2) is 18.0 Å². The lowest BCUT2D eigenvalue weighted by Gasteiger charge is -2.26. The molecule has 0 N–H and O–H groups in total. The first-order valence-electron chi connectivity index (χ1n) is 9.98. The molecule has 1 aliphatic rings. The molecule has 0 unspecified atom stereocenters. The van der Waals surface area contributed by atoms with E-state index in [9.17, 15) is 18.0 Å². The molecule has 2 rings (SSSR count). The monoisotopic (exact) mass is 425 g/mol. The van der Waals surface area contributed by atoms with Crippen molar-refractivity contribution >= 4 is 22.1 Å². The van der Waals surface area contributed by atoms with Crippen LogP contribution in [0.3, 0.4) is 0 Å². The quantitative estimate of drug-likeness (QED) is 0.610. The zero-order valence-corrected chi connectivity index (χ0v) is 19.0. The molecule has 1 saturated heterocycles. The first-order valence-corrected chi connectivity index (χ1v) is 11.4. The van der Waals surface area contributed by atoms with Gasteiger partial charge in [-0.3, -0.25) is 0 Å². The molecule has 0 spiro atoms. The summed E-state index contributed by atoms with van der Waals surface area (Å²) in [6.07, 6.45) is -1.06. The number of rotatable bonds is 7. The summed E-state index contributed by atoms with van der Waals surface area (Å²) in [6, 6.07) is 2.45. The number of hydrogen-bond acceptors (Lipinski definition) is 6. The number of esters is 1. The summed E-state index contributed by atoms with van der Waals surface area (Å²) in [5.74, 6) is -0.782. The highest BCUT2D eigenvalue weighted by Gasteiger charge is 2.48. The van der Waals surface area contributed by atoms with Crippen LogP contribution in [0.1, 0.15) is 82.9 Å². The molecule has 0 radical (unpaired) electrons. The minimum Gasteiger partial charge on any atom is -0.464 e. The Morgan fingerprint density at radius 1 is 1.10 bits per heavy atom. The van der Waals surface area contributed by atoms with Crippen molar-refractivity contribution in [3.8, 4) is 0 Å². The van der Waals surface area contributed by atoms with Crippen molar-refractivity contribution in [2.75, 3.05) is 13.2 Å². The average Bonchev–Trinajstić information content (AvgIpc) is 3.03. The molecule has 7 nitrogen and oxygen atoms in total. The molecule has 0 aliphatic carbocycles. The second-order valence-corrected chi connectivity index (χ2v) is 9.89. The molecule has 1 fully saturated rings. The molecule has 29 heavy (non-hydrogen) atoms. The maximum Gasteiger partial charge on any atom is 0.424 e. The van der Waals surface area contributed by atoms with Crippen LogP contribution in [0, 0.1) is 0 Å². The van der Waals surface area contributed by atoms with Gasteiger partial charge in [0.1, 0.15) is 6.61 Å². The van der Waals surface area contributed by atoms with E-state index >= 15 is 0 Å². The first-order chi connectivity index (χ1) is 13.4. The Kier molecular flexibility index (Phi) is 6.98. The molecule has 1 aromatic carbocycles. The smallest absolute Gasteiger partial charge is 0.424 e. The van der Waals surface area contributed by atoms with E-state index in [-0.39, 0.29) is 35.9 Å². The Balaban J connectivity index is 2.76. The van der Waals surface area contributed by atoms with E-state index in [1.807, 2.05) is 53.7 Å². The molecule has 0 saturated carbocycles. The van der Waals surface area contributed by atoms with Gasteiger partial charge in [0.2, 0.25) is 0 Å². The number of amides is 1. The second kappa shape index (κ2) is 8.73. The van der Waals surface area contributed by atoms with Gasteiger partial charge in [0.05, 0.1) is 11.5 Å². The number of nitrogens with zero attached hydrogens (tertiary/aromatic N) is 1. The fourth-order valence-electron chi connectivity index (χ4n) is 3.36. The van der Waals surface area contributed by atoms with Gasteiger partial charge < -0.3 is 9.47 Å². The standard InChI is InChI=1S/C21H31NO6S/c1-8-27-20(23)18-11-28-21(24)22(18)29(25,26)19-16(13(4)5)9-15(12(2)3)10-17(19)14(6)7/h9-10,12-14,18H,8,11H2,1-7H3/t18-/m0/s1. The van der Waals surface area contributed by atoms with Crippen molar-refractivity contribution in [3.63, 3.8) is 0 Å².